The number of aromatic amines is 1. The highest BCUT2D eigenvalue weighted by molar-refractivity contribution is 6.00. The van der Waals surface area contributed by atoms with Crippen LogP contribution in [0.3, 0.4) is 0 Å². The van der Waals surface area contributed by atoms with Gasteiger partial charge < -0.3 is 5.73 Å². The lowest BCUT2D eigenvalue weighted by atomic mass is 10.6. The number of aromatic nitrogens is 7. The number of nitrogens with zero attached hydrogens (tertiary/aromatic N) is 6. The van der Waals surface area contributed by atoms with Gasteiger partial charge in [-0.2, -0.15) is 9.78 Å². The summed E-state index contributed by atoms with van der Waals surface area (Å²) in [6.45, 7) is 0. The van der Waals surface area contributed by atoms with Gasteiger partial charge in [0.05, 0.1) is 7.05 Å². The zero-order chi connectivity index (χ0) is 10.8. The first kappa shape index (κ1) is 9.05. The van der Waals surface area contributed by atoms with Crippen molar-refractivity contribution in [2.75, 3.05) is 11.1 Å². The van der Waals surface area contributed by atoms with Crippen molar-refractivity contribution in [2.45, 2.75) is 0 Å². The van der Waals surface area contributed by atoms with E-state index in [0.29, 0.717) is 0 Å². The standard InChI is InChI=1S/C5H7N9O/c1-14-12-5(11-13-14)8-3(15)2-7-4(6)10-9-2/h1H3,(H,8,12,15)(H3,6,7,9,10). The fraction of sp³-hybridized carbons (Fsp3) is 0.200. The van der Waals surface area contributed by atoms with Crippen LogP contribution in [0.2, 0.25) is 0 Å². The van der Waals surface area contributed by atoms with Gasteiger partial charge in [0.25, 0.3) is 11.9 Å². The number of nitrogen functional groups attached to an aromatic ring is 1. The number of hydrogen-bond donors (Lipinski definition) is 3. The molecule has 0 radical (unpaired) electrons. The van der Waals surface area contributed by atoms with Gasteiger partial charge in [0.2, 0.25) is 11.8 Å². The number of tetrazole rings is 1. The number of carbonyl (C=O) groups is 1. The average Bonchev–Trinajstić information content (AvgIpc) is 2.75. The summed E-state index contributed by atoms with van der Waals surface area (Å²) in [5.74, 6) is -0.475. The van der Waals surface area contributed by atoms with Crippen molar-refractivity contribution in [1.29, 1.82) is 0 Å². The normalized spacial score (nSPS) is 10.2. The number of amides is 1. The quantitative estimate of drug-likeness (QED) is 0.527. The average molecular weight is 209 g/mol. The zero-order valence-corrected chi connectivity index (χ0v) is 7.67. The van der Waals surface area contributed by atoms with Gasteiger partial charge in [-0.15, -0.1) is 10.2 Å². The van der Waals surface area contributed by atoms with E-state index in [1.807, 2.05) is 0 Å². The molecule has 2 aromatic rings. The molecule has 0 aliphatic carbocycles. The van der Waals surface area contributed by atoms with Gasteiger partial charge >= 0.3 is 0 Å². The first-order valence-corrected chi connectivity index (χ1v) is 3.88. The third kappa shape index (κ3) is 1.87. The smallest absolute Gasteiger partial charge is 0.295 e. The summed E-state index contributed by atoms with van der Waals surface area (Å²) in [5.41, 5.74) is 5.23. The molecule has 0 aliphatic rings. The van der Waals surface area contributed by atoms with E-state index in [-0.39, 0.29) is 17.7 Å². The van der Waals surface area contributed by atoms with E-state index in [1.165, 1.54) is 4.80 Å². The Morgan fingerprint density at radius 1 is 1.60 bits per heavy atom. The maximum atomic E-state index is 11.4. The minimum absolute atomic E-state index is 0.00717. The van der Waals surface area contributed by atoms with E-state index in [2.05, 4.69) is 35.9 Å². The summed E-state index contributed by atoms with van der Waals surface area (Å²) in [4.78, 5) is 16.3. The molecule has 2 aromatic heterocycles. The SMILES string of the molecule is Cn1nnc(NC(=O)c2nc(N)n[nH]2)n1. The number of H-pyrrole nitrogens is 1. The molecule has 10 heteroatoms. The maximum Gasteiger partial charge on any atom is 0.295 e. The van der Waals surface area contributed by atoms with Gasteiger partial charge in [0, 0.05) is 0 Å². The van der Waals surface area contributed by atoms with Gasteiger partial charge in [-0.25, -0.2) is 0 Å². The van der Waals surface area contributed by atoms with E-state index >= 15 is 0 Å². The van der Waals surface area contributed by atoms with Gasteiger partial charge in [0.15, 0.2) is 0 Å². The van der Waals surface area contributed by atoms with E-state index in [1.54, 1.807) is 7.05 Å². The molecule has 0 atom stereocenters. The molecule has 1 amide bonds. The van der Waals surface area contributed by atoms with Crippen molar-refractivity contribution >= 4 is 17.8 Å². The van der Waals surface area contributed by atoms with Crippen LogP contribution in [-0.2, 0) is 7.05 Å². The van der Waals surface area contributed by atoms with Crippen molar-refractivity contribution in [1.82, 2.24) is 35.4 Å². The summed E-state index contributed by atoms with van der Waals surface area (Å²) in [6.07, 6.45) is 0. The molecule has 0 aromatic carbocycles. The Kier molecular flexibility index (Phi) is 2.00. The predicted octanol–water partition coefficient (Wildman–Crippen LogP) is -1.84. The molecule has 0 unspecified atom stereocenters. The Hall–Kier alpha value is -2.52. The second-order valence-electron chi connectivity index (χ2n) is 2.60. The number of nitrogens with two attached hydrogens (primary N) is 1. The lowest BCUT2D eigenvalue weighted by molar-refractivity contribution is 0.101. The molecule has 0 saturated carbocycles. The van der Waals surface area contributed by atoms with E-state index in [4.69, 9.17) is 5.73 Å². The highest BCUT2D eigenvalue weighted by atomic mass is 16.2. The number of aryl methyl sites for hydroxylation is 1. The van der Waals surface area contributed by atoms with Crippen LogP contribution >= 0.6 is 0 Å². The van der Waals surface area contributed by atoms with E-state index in [0.717, 1.165) is 0 Å². The van der Waals surface area contributed by atoms with Crippen LogP contribution in [0.5, 0.6) is 0 Å². The molecule has 78 valence electrons. The monoisotopic (exact) mass is 209 g/mol. The van der Waals surface area contributed by atoms with Gasteiger partial charge in [0.1, 0.15) is 0 Å². The number of carbonyl (C=O) groups excluding carboxylic acids is 1. The Morgan fingerprint density at radius 2 is 2.40 bits per heavy atom. The van der Waals surface area contributed by atoms with Crippen molar-refractivity contribution in [3.05, 3.63) is 5.82 Å². The molecule has 15 heavy (non-hydrogen) atoms. The van der Waals surface area contributed by atoms with Crippen LogP contribution < -0.4 is 11.1 Å². The van der Waals surface area contributed by atoms with Crippen LogP contribution in [0.15, 0.2) is 0 Å². The maximum absolute atomic E-state index is 11.4. The third-order valence-electron chi connectivity index (χ3n) is 1.45. The molecule has 0 spiro atoms. The summed E-state index contributed by atoms with van der Waals surface area (Å²) < 4.78 is 0. The molecule has 10 nitrogen and oxygen atoms in total. The third-order valence-corrected chi connectivity index (χ3v) is 1.45. The highest BCUT2D eigenvalue weighted by Gasteiger charge is 2.12. The Balaban J connectivity index is 2.10. The first-order valence-electron chi connectivity index (χ1n) is 3.88. The molecular weight excluding hydrogens is 202 g/mol. The first-order chi connectivity index (χ1) is 7.15. The Morgan fingerprint density at radius 3 is 2.93 bits per heavy atom. The number of rotatable bonds is 2. The molecule has 0 saturated heterocycles. The lowest BCUT2D eigenvalue weighted by Crippen LogP contribution is -2.15. The molecule has 0 bridgehead atoms. The Bertz CT molecular complexity index is 484. The topological polar surface area (TPSA) is 140 Å². The molecule has 4 N–H and O–H groups in total. The van der Waals surface area contributed by atoms with Crippen LogP contribution in [0.25, 0.3) is 0 Å². The minimum atomic E-state index is -0.535. The number of anilines is 2. The summed E-state index contributed by atoms with van der Waals surface area (Å²) >= 11 is 0. The molecule has 2 heterocycles. The fourth-order valence-corrected chi connectivity index (χ4v) is 0.871. The number of hydrogen-bond acceptors (Lipinski definition) is 7. The molecule has 2 rings (SSSR count). The second kappa shape index (κ2) is 3.32. The van der Waals surface area contributed by atoms with Crippen LogP contribution in [0, 0.1) is 0 Å². The number of nitrogens with one attached hydrogen (secondary N) is 2. The largest absolute Gasteiger partial charge is 0.366 e. The van der Waals surface area contributed by atoms with E-state index in [9.17, 15) is 4.79 Å². The van der Waals surface area contributed by atoms with Gasteiger partial charge in [-0.05, 0) is 5.21 Å². The Labute approximate surface area is 82.9 Å². The van der Waals surface area contributed by atoms with Crippen molar-refractivity contribution in [2.24, 2.45) is 7.05 Å². The predicted molar refractivity (Wildman–Crippen MR) is 47.5 cm³/mol. The van der Waals surface area contributed by atoms with Crippen molar-refractivity contribution < 1.29 is 4.79 Å². The van der Waals surface area contributed by atoms with Crippen LogP contribution in [0.1, 0.15) is 10.6 Å². The molecule has 0 fully saturated rings. The summed E-state index contributed by atoms with van der Waals surface area (Å²) in [7, 11) is 1.58. The van der Waals surface area contributed by atoms with E-state index < -0.39 is 5.91 Å². The van der Waals surface area contributed by atoms with Gasteiger partial charge in [-0.1, -0.05) is 5.10 Å². The lowest BCUT2D eigenvalue weighted by Gasteiger charge is -1.93. The summed E-state index contributed by atoms with van der Waals surface area (Å²) in [5, 5.41) is 19.1. The molecule has 0 aliphatic heterocycles. The molecular formula is C5H7N9O. The van der Waals surface area contributed by atoms with Crippen molar-refractivity contribution in [3.63, 3.8) is 0 Å². The van der Waals surface area contributed by atoms with Crippen molar-refractivity contribution in [3.8, 4) is 0 Å². The van der Waals surface area contributed by atoms with Crippen LogP contribution in [0.4, 0.5) is 11.9 Å². The fourth-order valence-electron chi connectivity index (χ4n) is 0.871. The summed E-state index contributed by atoms with van der Waals surface area (Å²) in [6, 6.07) is 0. The van der Waals surface area contributed by atoms with Gasteiger partial charge in [-0.3, -0.25) is 15.2 Å². The zero-order valence-electron chi connectivity index (χ0n) is 7.67. The van der Waals surface area contributed by atoms with Crippen LogP contribution in [-0.4, -0.2) is 41.3 Å². The second-order valence-corrected chi connectivity index (χ2v) is 2.60. The minimum Gasteiger partial charge on any atom is -0.366 e. The highest BCUT2D eigenvalue weighted by Crippen LogP contribution is 1.98.